The first kappa shape index (κ1) is 16.0. The Bertz CT molecular complexity index is 507. The second kappa shape index (κ2) is 7.04. The minimum absolute atomic E-state index is 0.0220. The minimum Gasteiger partial charge on any atom is -0.373 e. The summed E-state index contributed by atoms with van der Waals surface area (Å²) in [6.45, 7) is 10.4. The Morgan fingerprint density at radius 2 is 2.05 bits per heavy atom. The van der Waals surface area contributed by atoms with E-state index in [0.29, 0.717) is 12.4 Å². The van der Waals surface area contributed by atoms with Gasteiger partial charge in [-0.25, -0.2) is 4.98 Å². The molecule has 6 nitrogen and oxygen atoms in total. The molecule has 6 heteroatoms. The summed E-state index contributed by atoms with van der Waals surface area (Å²) < 4.78 is 7.41. The second-order valence-electron chi connectivity index (χ2n) is 5.78. The van der Waals surface area contributed by atoms with Crippen LogP contribution in [0.4, 0.5) is 5.82 Å². The van der Waals surface area contributed by atoms with Crippen LogP contribution in [-0.4, -0.2) is 59.9 Å². The van der Waals surface area contributed by atoms with Gasteiger partial charge in [0.05, 0.1) is 12.2 Å². The lowest BCUT2D eigenvalue weighted by Gasteiger charge is -2.36. The van der Waals surface area contributed by atoms with Gasteiger partial charge in [0.2, 0.25) is 0 Å². The standard InChI is InChI=1S/C15H26N4O2/c1-5-19-7-6-16-14(15(19)20)17(4)8-9-18-10-12(2)21-13(3)11-18/h6-7,12-13H,5,8-11H2,1-4H3/t12-,13+. The van der Waals surface area contributed by atoms with Crippen LogP contribution >= 0.6 is 0 Å². The summed E-state index contributed by atoms with van der Waals surface area (Å²) in [5.41, 5.74) is -0.0220. The number of hydrogen-bond acceptors (Lipinski definition) is 5. The van der Waals surface area contributed by atoms with E-state index in [4.69, 9.17) is 4.74 Å². The Morgan fingerprint density at radius 3 is 2.67 bits per heavy atom. The van der Waals surface area contributed by atoms with Gasteiger partial charge in [0.1, 0.15) is 0 Å². The van der Waals surface area contributed by atoms with E-state index in [9.17, 15) is 4.79 Å². The van der Waals surface area contributed by atoms with Crippen LogP contribution in [0.5, 0.6) is 0 Å². The summed E-state index contributed by atoms with van der Waals surface area (Å²) in [5.74, 6) is 0.522. The van der Waals surface area contributed by atoms with Gasteiger partial charge >= 0.3 is 0 Å². The second-order valence-corrected chi connectivity index (χ2v) is 5.78. The SMILES string of the molecule is CCn1ccnc(N(C)CCN2C[C@@H](C)O[C@@H](C)C2)c1=O. The molecule has 1 aromatic rings. The third-order valence-corrected chi connectivity index (χ3v) is 3.84. The maximum Gasteiger partial charge on any atom is 0.293 e. The van der Waals surface area contributed by atoms with Crippen LogP contribution in [0, 0.1) is 0 Å². The number of nitrogens with zero attached hydrogens (tertiary/aromatic N) is 4. The highest BCUT2D eigenvalue weighted by Gasteiger charge is 2.22. The third-order valence-electron chi connectivity index (χ3n) is 3.84. The average Bonchev–Trinajstić information content (AvgIpc) is 2.44. The van der Waals surface area contributed by atoms with Gasteiger partial charge in [-0.3, -0.25) is 9.69 Å². The Hall–Kier alpha value is -1.40. The number of aromatic nitrogens is 2. The number of hydrogen-bond donors (Lipinski definition) is 0. The maximum atomic E-state index is 12.2. The lowest BCUT2D eigenvalue weighted by molar-refractivity contribution is -0.0670. The van der Waals surface area contributed by atoms with E-state index in [2.05, 4.69) is 23.7 Å². The molecule has 0 radical (unpaired) electrons. The molecular formula is C15H26N4O2. The maximum absolute atomic E-state index is 12.2. The van der Waals surface area contributed by atoms with Crippen LogP contribution < -0.4 is 10.5 Å². The molecule has 0 unspecified atom stereocenters. The third kappa shape index (κ3) is 4.04. The molecule has 1 saturated heterocycles. The van der Waals surface area contributed by atoms with Gasteiger partial charge in [-0.05, 0) is 20.8 Å². The van der Waals surface area contributed by atoms with Crippen molar-refractivity contribution < 1.29 is 4.74 Å². The summed E-state index contributed by atoms with van der Waals surface area (Å²) in [6, 6.07) is 0. The highest BCUT2D eigenvalue weighted by molar-refractivity contribution is 5.34. The van der Waals surface area contributed by atoms with Crippen molar-refractivity contribution in [2.45, 2.75) is 39.5 Å². The van der Waals surface area contributed by atoms with E-state index in [0.717, 1.165) is 26.2 Å². The predicted molar refractivity (Wildman–Crippen MR) is 83.9 cm³/mol. The van der Waals surface area contributed by atoms with Gasteiger partial charge in [0.25, 0.3) is 5.56 Å². The number of rotatable bonds is 5. The molecule has 2 heterocycles. The molecule has 0 saturated carbocycles. The van der Waals surface area contributed by atoms with Crippen molar-refractivity contribution in [3.63, 3.8) is 0 Å². The zero-order valence-corrected chi connectivity index (χ0v) is 13.5. The lowest BCUT2D eigenvalue weighted by atomic mass is 10.2. The fourth-order valence-electron chi connectivity index (χ4n) is 2.81. The smallest absolute Gasteiger partial charge is 0.293 e. The Morgan fingerprint density at radius 1 is 1.38 bits per heavy atom. The van der Waals surface area contributed by atoms with Crippen LogP contribution in [0.15, 0.2) is 17.2 Å². The highest BCUT2D eigenvalue weighted by Crippen LogP contribution is 2.10. The predicted octanol–water partition coefficient (Wildman–Crippen LogP) is 0.809. The molecule has 1 aliphatic heterocycles. The van der Waals surface area contributed by atoms with Crippen molar-refractivity contribution in [1.29, 1.82) is 0 Å². The first-order valence-electron chi connectivity index (χ1n) is 7.65. The molecule has 21 heavy (non-hydrogen) atoms. The molecule has 118 valence electrons. The fraction of sp³-hybridized carbons (Fsp3) is 0.733. The average molecular weight is 294 g/mol. The van der Waals surface area contributed by atoms with Gasteiger partial charge < -0.3 is 14.2 Å². The van der Waals surface area contributed by atoms with Crippen molar-refractivity contribution in [3.8, 4) is 0 Å². The molecule has 0 aromatic carbocycles. The molecule has 0 spiro atoms. The van der Waals surface area contributed by atoms with E-state index in [1.807, 2.05) is 18.9 Å². The van der Waals surface area contributed by atoms with Crippen molar-refractivity contribution in [2.75, 3.05) is 38.1 Å². The molecule has 0 aliphatic carbocycles. The number of aryl methyl sites for hydroxylation is 1. The minimum atomic E-state index is -0.0220. The van der Waals surface area contributed by atoms with Gasteiger partial charge in [0, 0.05) is 52.2 Å². The Labute approximate surface area is 126 Å². The van der Waals surface area contributed by atoms with Crippen molar-refractivity contribution in [3.05, 3.63) is 22.7 Å². The topological polar surface area (TPSA) is 50.6 Å². The van der Waals surface area contributed by atoms with Crippen LogP contribution in [-0.2, 0) is 11.3 Å². The monoisotopic (exact) mass is 294 g/mol. The summed E-state index contributed by atoms with van der Waals surface area (Å²) in [6.07, 6.45) is 3.96. The van der Waals surface area contributed by atoms with Crippen LogP contribution in [0.25, 0.3) is 0 Å². The summed E-state index contributed by atoms with van der Waals surface area (Å²) in [4.78, 5) is 20.8. The summed E-state index contributed by atoms with van der Waals surface area (Å²) >= 11 is 0. The van der Waals surface area contributed by atoms with Crippen molar-refractivity contribution >= 4 is 5.82 Å². The van der Waals surface area contributed by atoms with E-state index in [1.165, 1.54) is 0 Å². The normalized spacial score (nSPS) is 23.2. The van der Waals surface area contributed by atoms with Crippen LogP contribution in [0.2, 0.25) is 0 Å². The largest absolute Gasteiger partial charge is 0.373 e. The summed E-state index contributed by atoms with van der Waals surface area (Å²) in [7, 11) is 1.93. The molecule has 1 aromatic heterocycles. The zero-order chi connectivity index (χ0) is 15.4. The molecular weight excluding hydrogens is 268 g/mol. The van der Waals surface area contributed by atoms with Gasteiger partial charge in [-0.2, -0.15) is 0 Å². The lowest BCUT2D eigenvalue weighted by Crippen LogP contribution is -2.48. The molecule has 1 aliphatic rings. The van der Waals surface area contributed by atoms with E-state index in [1.54, 1.807) is 17.0 Å². The Balaban J connectivity index is 1.96. The molecule has 2 atom stereocenters. The van der Waals surface area contributed by atoms with Gasteiger partial charge in [-0.15, -0.1) is 0 Å². The Kier molecular flexibility index (Phi) is 5.36. The molecule has 0 N–H and O–H groups in total. The fourth-order valence-corrected chi connectivity index (χ4v) is 2.81. The van der Waals surface area contributed by atoms with Gasteiger partial charge in [-0.1, -0.05) is 0 Å². The first-order chi connectivity index (χ1) is 10.0. The molecule has 0 bridgehead atoms. The van der Waals surface area contributed by atoms with Crippen molar-refractivity contribution in [2.24, 2.45) is 0 Å². The number of morpholine rings is 1. The van der Waals surface area contributed by atoms with E-state index >= 15 is 0 Å². The van der Waals surface area contributed by atoms with E-state index < -0.39 is 0 Å². The number of likely N-dealkylation sites (N-methyl/N-ethyl adjacent to an activating group) is 1. The van der Waals surface area contributed by atoms with Crippen LogP contribution in [0.1, 0.15) is 20.8 Å². The number of anilines is 1. The summed E-state index contributed by atoms with van der Waals surface area (Å²) in [5, 5.41) is 0. The van der Waals surface area contributed by atoms with Crippen molar-refractivity contribution in [1.82, 2.24) is 14.5 Å². The highest BCUT2D eigenvalue weighted by atomic mass is 16.5. The van der Waals surface area contributed by atoms with Gasteiger partial charge in [0.15, 0.2) is 5.82 Å². The number of ether oxygens (including phenoxy) is 1. The van der Waals surface area contributed by atoms with Crippen LogP contribution in [0.3, 0.4) is 0 Å². The zero-order valence-electron chi connectivity index (χ0n) is 13.5. The van der Waals surface area contributed by atoms with E-state index in [-0.39, 0.29) is 17.8 Å². The first-order valence-corrected chi connectivity index (χ1v) is 7.65. The molecule has 0 amide bonds. The molecule has 2 rings (SSSR count). The quantitative estimate of drug-likeness (QED) is 0.804. The molecule has 1 fully saturated rings.